The first-order valence-electron chi connectivity index (χ1n) is 9.72. The first kappa shape index (κ1) is 18.9. The molecule has 2 aromatic rings. The summed E-state index contributed by atoms with van der Waals surface area (Å²) in [5.41, 5.74) is 2.61. The van der Waals surface area contributed by atoms with E-state index < -0.39 is 6.10 Å². The fraction of sp³-hybridized carbons (Fsp3) is 0.455. The summed E-state index contributed by atoms with van der Waals surface area (Å²) in [5, 5.41) is 11.3. The molecule has 1 fully saturated rings. The number of hydrogen-bond donors (Lipinski definition) is 1. The van der Waals surface area contributed by atoms with Crippen LogP contribution in [0, 0.1) is 0 Å². The number of hydrogen-bond acceptors (Lipinski definition) is 5. The van der Waals surface area contributed by atoms with Gasteiger partial charge in [-0.25, -0.2) is 4.98 Å². The number of benzene rings is 1. The van der Waals surface area contributed by atoms with Crippen molar-refractivity contribution in [2.75, 3.05) is 34.3 Å². The predicted octanol–water partition coefficient (Wildman–Crippen LogP) is 2.24. The molecule has 0 saturated carbocycles. The summed E-state index contributed by atoms with van der Waals surface area (Å²) in [5.74, 6) is 0.288. The minimum atomic E-state index is -0.481. The van der Waals surface area contributed by atoms with Crippen molar-refractivity contribution < 1.29 is 14.6 Å². The number of carbonyl (C=O) groups excluding carboxylic acids is 1. The van der Waals surface area contributed by atoms with Crippen LogP contribution < -0.4 is 4.74 Å². The van der Waals surface area contributed by atoms with Crippen LogP contribution in [-0.4, -0.2) is 66.2 Å². The highest BCUT2D eigenvalue weighted by Gasteiger charge is 2.53. The summed E-state index contributed by atoms with van der Waals surface area (Å²) in [6, 6.07) is 11.8. The van der Waals surface area contributed by atoms with E-state index in [4.69, 9.17) is 4.74 Å². The molecule has 0 unspecified atom stereocenters. The molecular formula is C22H27N3O3. The molecule has 1 saturated heterocycles. The molecule has 1 aliphatic heterocycles. The molecule has 1 aromatic heterocycles. The van der Waals surface area contributed by atoms with Crippen molar-refractivity contribution in [2.45, 2.75) is 30.4 Å². The smallest absolute Gasteiger partial charge is 0.259 e. The Balaban J connectivity index is 1.59. The van der Waals surface area contributed by atoms with Crippen LogP contribution in [0.1, 0.15) is 40.4 Å². The van der Waals surface area contributed by atoms with E-state index >= 15 is 0 Å². The van der Waals surface area contributed by atoms with Gasteiger partial charge in [0.05, 0.1) is 19.3 Å². The Kier molecular flexibility index (Phi) is 4.85. The van der Waals surface area contributed by atoms with Crippen molar-refractivity contribution in [2.24, 2.45) is 0 Å². The van der Waals surface area contributed by atoms with Crippen LogP contribution in [-0.2, 0) is 5.41 Å². The van der Waals surface area contributed by atoms with E-state index in [1.807, 2.05) is 31.1 Å². The average molecular weight is 381 g/mol. The number of ether oxygens (including phenoxy) is 1. The topological polar surface area (TPSA) is 65.9 Å². The summed E-state index contributed by atoms with van der Waals surface area (Å²) in [6.45, 7) is 1.20. The predicted molar refractivity (Wildman–Crippen MR) is 106 cm³/mol. The zero-order valence-corrected chi connectivity index (χ0v) is 16.6. The largest absolute Gasteiger partial charge is 0.480 e. The van der Waals surface area contributed by atoms with Gasteiger partial charge in [-0.1, -0.05) is 24.3 Å². The number of likely N-dealkylation sites (N-methyl/N-ethyl adjacent to an activating group) is 1. The molecule has 148 valence electrons. The lowest BCUT2D eigenvalue weighted by molar-refractivity contribution is -0.00150. The van der Waals surface area contributed by atoms with E-state index in [2.05, 4.69) is 22.0 Å². The van der Waals surface area contributed by atoms with Crippen LogP contribution in [0.2, 0.25) is 0 Å². The van der Waals surface area contributed by atoms with Gasteiger partial charge in [0.25, 0.3) is 5.91 Å². The van der Waals surface area contributed by atoms with E-state index in [1.54, 1.807) is 18.3 Å². The second-order valence-corrected chi connectivity index (χ2v) is 7.95. The van der Waals surface area contributed by atoms with Gasteiger partial charge in [0, 0.05) is 24.7 Å². The van der Waals surface area contributed by atoms with E-state index in [1.165, 1.54) is 18.2 Å². The number of aliphatic hydroxyl groups excluding tert-OH is 1. The van der Waals surface area contributed by atoms with Gasteiger partial charge in [0.15, 0.2) is 0 Å². The summed E-state index contributed by atoms with van der Waals surface area (Å²) in [4.78, 5) is 21.1. The fourth-order valence-electron chi connectivity index (χ4n) is 4.96. The third kappa shape index (κ3) is 2.79. The second kappa shape index (κ2) is 7.18. The Labute approximate surface area is 165 Å². The third-order valence-electron chi connectivity index (χ3n) is 6.38. The van der Waals surface area contributed by atoms with Crippen molar-refractivity contribution in [3.8, 4) is 5.88 Å². The maximum absolute atomic E-state index is 13.0. The van der Waals surface area contributed by atoms with Crippen LogP contribution in [0.15, 0.2) is 42.6 Å². The number of aliphatic hydroxyl groups is 1. The fourth-order valence-corrected chi connectivity index (χ4v) is 4.96. The minimum absolute atomic E-state index is 0.0168. The van der Waals surface area contributed by atoms with Crippen molar-refractivity contribution in [1.29, 1.82) is 0 Å². The quantitative estimate of drug-likeness (QED) is 0.883. The summed E-state index contributed by atoms with van der Waals surface area (Å²) in [7, 11) is 5.55. The van der Waals surface area contributed by atoms with E-state index in [-0.39, 0.29) is 17.4 Å². The van der Waals surface area contributed by atoms with Crippen LogP contribution in [0.25, 0.3) is 0 Å². The number of piperidine rings is 1. The molecule has 6 heteroatoms. The van der Waals surface area contributed by atoms with Gasteiger partial charge in [-0.15, -0.1) is 0 Å². The molecule has 1 spiro atoms. The Morgan fingerprint density at radius 3 is 2.61 bits per heavy atom. The summed E-state index contributed by atoms with van der Waals surface area (Å²) in [6.07, 6.45) is 2.62. The number of carbonyl (C=O) groups is 1. The van der Waals surface area contributed by atoms with Crippen LogP contribution in [0.3, 0.4) is 0 Å². The van der Waals surface area contributed by atoms with Crippen molar-refractivity contribution in [1.82, 2.24) is 14.8 Å². The SMILES string of the molecule is COc1ncccc1C(=O)N1CCC2(CC1)c1ccccc1[C@@H](N(C)C)[C@@H]2O. The Bertz CT molecular complexity index is 875. The number of amides is 1. The molecule has 28 heavy (non-hydrogen) atoms. The molecule has 2 atom stereocenters. The molecule has 0 bridgehead atoms. The van der Waals surface area contributed by atoms with Gasteiger partial charge >= 0.3 is 0 Å². The molecule has 1 amide bonds. The highest BCUT2D eigenvalue weighted by atomic mass is 16.5. The molecule has 1 aliphatic carbocycles. The number of fused-ring (bicyclic) bond motifs is 2. The van der Waals surface area contributed by atoms with Gasteiger partial charge in [-0.2, -0.15) is 0 Å². The molecular weight excluding hydrogens is 354 g/mol. The highest BCUT2D eigenvalue weighted by molar-refractivity contribution is 5.96. The molecule has 2 heterocycles. The van der Waals surface area contributed by atoms with Crippen LogP contribution in [0.4, 0.5) is 0 Å². The van der Waals surface area contributed by atoms with Gasteiger partial charge < -0.3 is 19.6 Å². The minimum Gasteiger partial charge on any atom is -0.480 e. The van der Waals surface area contributed by atoms with E-state index in [0.717, 1.165) is 12.8 Å². The highest BCUT2D eigenvalue weighted by Crippen LogP contribution is 2.52. The summed E-state index contributed by atoms with van der Waals surface area (Å²) >= 11 is 0. The van der Waals surface area contributed by atoms with Gasteiger partial charge in [0.2, 0.25) is 5.88 Å². The first-order valence-corrected chi connectivity index (χ1v) is 9.72. The van der Waals surface area contributed by atoms with E-state index in [0.29, 0.717) is 24.5 Å². The number of methoxy groups -OCH3 is 1. The monoisotopic (exact) mass is 381 g/mol. The van der Waals surface area contributed by atoms with E-state index in [9.17, 15) is 9.90 Å². The maximum Gasteiger partial charge on any atom is 0.259 e. The second-order valence-electron chi connectivity index (χ2n) is 7.95. The Morgan fingerprint density at radius 1 is 1.21 bits per heavy atom. The molecule has 6 nitrogen and oxygen atoms in total. The Morgan fingerprint density at radius 2 is 1.93 bits per heavy atom. The van der Waals surface area contributed by atoms with Crippen LogP contribution in [0.5, 0.6) is 5.88 Å². The lowest BCUT2D eigenvalue weighted by Gasteiger charge is -2.43. The Hall–Kier alpha value is -2.44. The lowest BCUT2D eigenvalue weighted by atomic mass is 9.72. The van der Waals surface area contributed by atoms with Gasteiger partial charge in [-0.05, 0) is 50.2 Å². The molecule has 4 rings (SSSR count). The van der Waals surface area contributed by atoms with Crippen molar-refractivity contribution >= 4 is 5.91 Å². The zero-order chi connectivity index (χ0) is 19.9. The van der Waals surface area contributed by atoms with Crippen molar-refractivity contribution in [3.63, 3.8) is 0 Å². The third-order valence-corrected chi connectivity index (χ3v) is 6.38. The molecule has 2 aliphatic rings. The number of aromatic nitrogens is 1. The zero-order valence-electron chi connectivity index (χ0n) is 16.6. The standard InChI is InChI=1S/C22H27N3O3/c1-24(2)18-15-7-4-5-9-17(15)22(19(18)26)10-13-25(14-11-22)21(27)16-8-6-12-23-20(16)28-3/h4-9,12,18-19,26H,10-11,13-14H2,1-3H3/t18-,19+/m1/s1. The summed E-state index contributed by atoms with van der Waals surface area (Å²) < 4.78 is 5.25. The molecule has 1 N–H and O–H groups in total. The normalized spacial score (nSPS) is 23.1. The maximum atomic E-state index is 13.0. The number of pyridine rings is 1. The number of nitrogens with zero attached hydrogens (tertiary/aromatic N) is 3. The van der Waals surface area contributed by atoms with Gasteiger partial charge in [0.1, 0.15) is 5.56 Å². The number of rotatable bonds is 3. The molecule has 0 radical (unpaired) electrons. The number of likely N-dealkylation sites (tertiary alicyclic amines) is 1. The van der Waals surface area contributed by atoms with Crippen LogP contribution >= 0.6 is 0 Å². The van der Waals surface area contributed by atoms with Gasteiger partial charge in [-0.3, -0.25) is 4.79 Å². The average Bonchev–Trinajstić information content (AvgIpc) is 2.96. The molecule has 1 aromatic carbocycles. The lowest BCUT2D eigenvalue weighted by Crippen LogP contribution is -2.50. The van der Waals surface area contributed by atoms with Crippen molar-refractivity contribution in [3.05, 3.63) is 59.3 Å². The first-order chi connectivity index (χ1) is 13.5.